The zero-order valence-corrected chi connectivity index (χ0v) is 12.0. The Kier molecular flexibility index (Phi) is 5.63. The molecule has 106 valence electrons. The highest BCUT2D eigenvalue weighted by atomic mass is 16.6. The number of carbonyl (C=O) groups is 1. The predicted octanol–water partition coefficient (Wildman–Crippen LogP) is 1.92. The van der Waals surface area contributed by atoms with Crippen molar-refractivity contribution in [1.82, 2.24) is 0 Å². The maximum absolute atomic E-state index is 12.0. The lowest BCUT2D eigenvalue weighted by molar-refractivity contribution is 0.0177. The third kappa shape index (κ3) is 4.79. The van der Waals surface area contributed by atoms with Gasteiger partial charge in [0.15, 0.2) is 0 Å². The van der Waals surface area contributed by atoms with Crippen LogP contribution in [0.5, 0.6) is 0 Å². The summed E-state index contributed by atoms with van der Waals surface area (Å²) < 4.78 is 10.5. The average molecular weight is 266 g/mol. The van der Waals surface area contributed by atoms with Gasteiger partial charge in [0, 0.05) is 19.8 Å². The minimum Gasteiger partial charge on any atom is -0.460 e. The maximum atomic E-state index is 12.0. The number of rotatable bonds is 6. The van der Waals surface area contributed by atoms with E-state index in [1.165, 1.54) is 0 Å². The highest BCUT2D eigenvalue weighted by molar-refractivity contribution is 5.96. The van der Waals surface area contributed by atoms with Crippen molar-refractivity contribution in [2.75, 3.05) is 37.9 Å². The van der Waals surface area contributed by atoms with Crippen molar-refractivity contribution < 1.29 is 14.3 Å². The van der Waals surface area contributed by atoms with Crippen LogP contribution in [0.25, 0.3) is 0 Å². The van der Waals surface area contributed by atoms with Gasteiger partial charge < -0.3 is 20.1 Å². The summed E-state index contributed by atoms with van der Waals surface area (Å²) in [5, 5.41) is 0. The Morgan fingerprint density at radius 1 is 1.32 bits per heavy atom. The second kappa shape index (κ2) is 6.99. The third-order valence-electron chi connectivity index (χ3n) is 2.49. The Morgan fingerprint density at radius 2 is 2.00 bits per heavy atom. The number of nitrogen functional groups attached to an aromatic ring is 1. The number of nitrogens with zero attached hydrogens (tertiary/aromatic N) is 1. The molecule has 0 fully saturated rings. The molecular weight excluding hydrogens is 244 g/mol. The van der Waals surface area contributed by atoms with Crippen LogP contribution >= 0.6 is 0 Å². The lowest BCUT2D eigenvalue weighted by atomic mass is 10.1. The van der Waals surface area contributed by atoms with Gasteiger partial charge in [-0.15, -0.1) is 0 Å². The zero-order valence-electron chi connectivity index (χ0n) is 12.0. The lowest BCUT2D eigenvalue weighted by Gasteiger charge is -2.17. The summed E-state index contributed by atoms with van der Waals surface area (Å²) in [5.74, 6) is -0.386. The summed E-state index contributed by atoms with van der Waals surface area (Å²) in [7, 11) is 3.73. The highest BCUT2D eigenvalue weighted by Crippen LogP contribution is 2.22. The van der Waals surface area contributed by atoms with E-state index in [4.69, 9.17) is 15.2 Å². The van der Waals surface area contributed by atoms with Crippen LogP contribution in [-0.2, 0) is 9.47 Å². The van der Waals surface area contributed by atoms with Gasteiger partial charge >= 0.3 is 5.97 Å². The molecular formula is C14H22N2O3. The van der Waals surface area contributed by atoms with E-state index in [0.717, 1.165) is 5.69 Å². The van der Waals surface area contributed by atoms with E-state index in [1.807, 2.05) is 32.8 Å². The molecule has 2 N–H and O–H groups in total. The monoisotopic (exact) mass is 266 g/mol. The molecule has 0 spiro atoms. The molecule has 0 aromatic heterocycles. The number of carbonyl (C=O) groups excluding carboxylic acids is 1. The van der Waals surface area contributed by atoms with Crippen molar-refractivity contribution in [2.45, 2.75) is 20.0 Å². The highest BCUT2D eigenvalue weighted by Gasteiger charge is 2.14. The Labute approximate surface area is 114 Å². The molecule has 5 nitrogen and oxygen atoms in total. The van der Waals surface area contributed by atoms with Gasteiger partial charge in [-0.2, -0.15) is 0 Å². The van der Waals surface area contributed by atoms with Crippen LogP contribution in [0.1, 0.15) is 24.2 Å². The van der Waals surface area contributed by atoms with E-state index in [1.54, 1.807) is 18.2 Å². The summed E-state index contributed by atoms with van der Waals surface area (Å²) in [6, 6.07) is 5.19. The van der Waals surface area contributed by atoms with Gasteiger partial charge in [-0.3, -0.25) is 0 Å². The molecule has 0 aliphatic heterocycles. The van der Waals surface area contributed by atoms with Crippen molar-refractivity contribution in [3.05, 3.63) is 23.8 Å². The normalized spacial score (nSPS) is 10.6. The minimum atomic E-state index is -0.386. The summed E-state index contributed by atoms with van der Waals surface area (Å²) >= 11 is 0. The number of anilines is 2. The quantitative estimate of drug-likeness (QED) is 0.484. The molecule has 0 saturated carbocycles. The molecule has 0 saturated heterocycles. The van der Waals surface area contributed by atoms with Crippen molar-refractivity contribution in [3.8, 4) is 0 Å². The van der Waals surface area contributed by atoms with Crippen LogP contribution in [0.3, 0.4) is 0 Å². The average Bonchev–Trinajstić information content (AvgIpc) is 2.33. The first-order valence-corrected chi connectivity index (χ1v) is 6.27. The molecule has 19 heavy (non-hydrogen) atoms. The summed E-state index contributed by atoms with van der Waals surface area (Å²) in [5.41, 5.74) is 7.50. The standard InChI is InChI=1S/C14H22N2O3/c1-10(2)18-7-8-19-14(17)12-9-11(15)5-6-13(12)16(3)4/h5-6,9-10H,7-8,15H2,1-4H3. The van der Waals surface area contributed by atoms with E-state index >= 15 is 0 Å². The smallest absolute Gasteiger partial charge is 0.340 e. The number of hydrogen-bond acceptors (Lipinski definition) is 5. The van der Waals surface area contributed by atoms with Crippen LogP contribution < -0.4 is 10.6 Å². The van der Waals surface area contributed by atoms with Gasteiger partial charge in [0.1, 0.15) is 6.61 Å². The Morgan fingerprint density at radius 3 is 2.58 bits per heavy atom. The van der Waals surface area contributed by atoms with Crippen LogP contribution in [0.4, 0.5) is 11.4 Å². The molecule has 1 aromatic carbocycles. The zero-order chi connectivity index (χ0) is 14.4. The summed E-state index contributed by atoms with van der Waals surface area (Å²) in [6.07, 6.45) is 0.128. The molecule has 0 atom stereocenters. The number of benzene rings is 1. The van der Waals surface area contributed by atoms with E-state index < -0.39 is 0 Å². The molecule has 0 unspecified atom stereocenters. The SMILES string of the molecule is CC(C)OCCOC(=O)c1cc(N)ccc1N(C)C. The first kappa shape index (κ1) is 15.3. The fraction of sp³-hybridized carbons (Fsp3) is 0.500. The number of esters is 1. The van der Waals surface area contributed by atoms with E-state index in [2.05, 4.69) is 0 Å². The van der Waals surface area contributed by atoms with Crippen LogP contribution in [0, 0.1) is 0 Å². The van der Waals surface area contributed by atoms with Crippen molar-refractivity contribution in [1.29, 1.82) is 0 Å². The van der Waals surface area contributed by atoms with Gasteiger partial charge in [-0.1, -0.05) is 0 Å². The fourth-order valence-electron chi connectivity index (χ4n) is 1.60. The molecule has 0 aliphatic carbocycles. The first-order chi connectivity index (χ1) is 8.91. The molecule has 0 heterocycles. The third-order valence-corrected chi connectivity index (χ3v) is 2.49. The molecule has 1 rings (SSSR count). The molecule has 0 aliphatic rings. The van der Waals surface area contributed by atoms with Gasteiger partial charge in [0.25, 0.3) is 0 Å². The second-order valence-corrected chi connectivity index (χ2v) is 4.73. The molecule has 0 amide bonds. The molecule has 1 aromatic rings. The van der Waals surface area contributed by atoms with Crippen LogP contribution in [-0.4, -0.2) is 39.4 Å². The van der Waals surface area contributed by atoms with Crippen LogP contribution in [0.15, 0.2) is 18.2 Å². The van der Waals surface area contributed by atoms with E-state index in [0.29, 0.717) is 17.9 Å². The van der Waals surface area contributed by atoms with E-state index in [-0.39, 0.29) is 18.7 Å². The lowest BCUT2D eigenvalue weighted by Crippen LogP contribution is -2.18. The molecule has 0 radical (unpaired) electrons. The second-order valence-electron chi connectivity index (χ2n) is 4.73. The van der Waals surface area contributed by atoms with Crippen molar-refractivity contribution in [3.63, 3.8) is 0 Å². The maximum Gasteiger partial charge on any atom is 0.340 e. The van der Waals surface area contributed by atoms with Gasteiger partial charge in [0.2, 0.25) is 0 Å². The Hall–Kier alpha value is -1.75. The fourth-order valence-corrected chi connectivity index (χ4v) is 1.60. The summed E-state index contributed by atoms with van der Waals surface area (Å²) in [4.78, 5) is 13.9. The number of hydrogen-bond donors (Lipinski definition) is 1. The minimum absolute atomic E-state index is 0.128. The number of ether oxygens (including phenoxy) is 2. The largest absolute Gasteiger partial charge is 0.460 e. The van der Waals surface area contributed by atoms with Gasteiger partial charge in [-0.25, -0.2) is 4.79 Å². The molecule has 0 bridgehead atoms. The Bertz CT molecular complexity index is 431. The predicted molar refractivity (Wildman–Crippen MR) is 76.6 cm³/mol. The molecule has 5 heteroatoms. The van der Waals surface area contributed by atoms with E-state index in [9.17, 15) is 4.79 Å². The first-order valence-electron chi connectivity index (χ1n) is 6.27. The summed E-state index contributed by atoms with van der Waals surface area (Å²) in [6.45, 7) is 4.50. The van der Waals surface area contributed by atoms with Gasteiger partial charge in [0.05, 0.1) is 24.0 Å². The number of nitrogens with two attached hydrogens (primary N) is 1. The van der Waals surface area contributed by atoms with Crippen LogP contribution in [0.2, 0.25) is 0 Å². The Balaban J connectivity index is 2.68. The van der Waals surface area contributed by atoms with Gasteiger partial charge in [-0.05, 0) is 32.0 Å². The van der Waals surface area contributed by atoms with Crippen molar-refractivity contribution >= 4 is 17.3 Å². The topological polar surface area (TPSA) is 64.8 Å². The van der Waals surface area contributed by atoms with Crippen molar-refractivity contribution in [2.24, 2.45) is 0 Å².